The van der Waals surface area contributed by atoms with Crippen molar-refractivity contribution >= 4 is 17.9 Å². The lowest BCUT2D eigenvalue weighted by molar-refractivity contribution is -0.147. The van der Waals surface area contributed by atoms with E-state index in [0.29, 0.717) is 19.5 Å². The van der Waals surface area contributed by atoms with Gasteiger partial charge in [0.05, 0.1) is 5.41 Å². The Morgan fingerprint density at radius 1 is 1.25 bits per heavy atom. The highest BCUT2D eigenvalue weighted by Gasteiger charge is 2.42. The van der Waals surface area contributed by atoms with Crippen LogP contribution in [0.25, 0.3) is 0 Å². The van der Waals surface area contributed by atoms with Crippen LogP contribution in [0.4, 0.5) is 4.79 Å². The molecule has 1 fully saturated rings. The summed E-state index contributed by atoms with van der Waals surface area (Å²) in [6.45, 7) is 5.13. The van der Waals surface area contributed by atoms with Crippen LogP contribution in [0, 0.1) is 5.41 Å². The Kier molecular flexibility index (Phi) is 5.79. The molecule has 0 saturated carbocycles. The second-order valence-electron chi connectivity index (χ2n) is 5.37. The maximum Gasteiger partial charge on any atom is 0.317 e. The standard InChI is InChI=1S/C13H23N3O4/c1-3-6-14-10(17)4-7-15-12(20)16-8-5-13(2,9-16)11(18)19/h3-9H2,1-2H3,(H,14,17)(H,15,20)(H,18,19). The molecule has 0 spiro atoms. The number of carboxylic acid groups (broad SMARTS) is 1. The molecule has 1 aliphatic rings. The third-order valence-corrected chi connectivity index (χ3v) is 3.48. The van der Waals surface area contributed by atoms with E-state index in [0.717, 1.165) is 6.42 Å². The molecule has 1 saturated heterocycles. The van der Waals surface area contributed by atoms with Crippen LogP contribution in [0.5, 0.6) is 0 Å². The van der Waals surface area contributed by atoms with Crippen molar-refractivity contribution in [3.05, 3.63) is 0 Å². The first kappa shape index (κ1) is 16.3. The number of nitrogens with zero attached hydrogens (tertiary/aromatic N) is 1. The predicted octanol–water partition coefficient (Wildman–Crippen LogP) is 0.409. The third kappa shape index (κ3) is 4.40. The van der Waals surface area contributed by atoms with Gasteiger partial charge in [0.2, 0.25) is 5.91 Å². The minimum absolute atomic E-state index is 0.0936. The van der Waals surface area contributed by atoms with Crippen molar-refractivity contribution in [2.75, 3.05) is 26.2 Å². The van der Waals surface area contributed by atoms with Crippen molar-refractivity contribution in [2.24, 2.45) is 5.41 Å². The number of likely N-dealkylation sites (tertiary alicyclic amines) is 1. The number of rotatable bonds is 6. The van der Waals surface area contributed by atoms with E-state index in [9.17, 15) is 14.4 Å². The Hall–Kier alpha value is -1.79. The quantitative estimate of drug-likeness (QED) is 0.658. The molecule has 1 atom stereocenters. The highest BCUT2D eigenvalue weighted by atomic mass is 16.4. The lowest BCUT2D eigenvalue weighted by atomic mass is 9.90. The van der Waals surface area contributed by atoms with Gasteiger partial charge < -0.3 is 20.6 Å². The van der Waals surface area contributed by atoms with Crippen molar-refractivity contribution in [1.29, 1.82) is 0 Å². The van der Waals surface area contributed by atoms with Gasteiger partial charge in [0.25, 0.3) is 0 Å². The Labute approximate surface area is 118 Å². The fourth-order valence-corrected chi connectivity index (χ4v) is 2.06. The van der Waals surface area contributed by atoms with Crippen molar-refractivity contribution < 1.29 is 19.5 Å². The zero-order valence-corrected chi connectivity index (χ0v) is 12.1. The van der Waals surface area contributed by atoms with Crippen LogP contribution in [-0.2, 0) is 9.59 Å². The lowest BCUT2D eigenvalue weighted by Crippen LogP contribution is -2.42. The minimum atomic E-state index is -0.883. The SMILES string of the molecule is CCCNC(=O)CCNC(=O)N1CCC(C)(C(=O)O)C1. The van der Waals surface area contributed by atoms with Gasteiger partial charge in [-0.1, -0.05) is 6.92 Å². The van der Waals surface area contributed by atoms with Gasteiger partial charge in [-0.25, -0.2) is 4.79 Å². The number of carbonyl (C=O) groups is 3. The van der Waals surface area contributed by atoms with Gasteiger partial charge in [-0.15, -0.1) is 0 Å². The number of aliphatic carboxylic acids is 1. The first-order valence-corrected chi connectivity index (χ1v) is 6.92. The van der Waals surface area contributed by atoms with Crippen LogP contribution in [0.1, 0.15) is 33.1 Å². The van der Waals surface area contributed by atoms with Crippen LogP contribution < -0.4 is 10.6 Å². The van der Waals surface area contributed by atoms with E-state index in [-0.39, 0.29) is 31.4 Å². The van der Waals surface area contributed by atoms with E-state index < -0.39 is 11.4 Å². The zero-order valence-electron chi connectivity index (χ0n) is 12.1. The van der Waals surface area contributed by atoms with Gasteiger partial charge in [0, 0.05) is 32.6 Å². The van der Waals surface area contributed by atoms with E-state index in [1.165, 1.54) is 4.90 Å². The lowest BCUT2D eigenvalue weighted by Gasteiger charge is -2.20. The maximum atomic E-state index is 11.8. The van der Waals surface area contributed by atoms with Gasteiger partial charge in [-0.3, -0.25) is 9.59 Å². The number of amides is 3. The molecule has 3 amide bonds. The number of carboxylic acids is 1. The second kappa shape index (κ2) is 7.12. The Morgan fingerprint density at radius 3 is 2.50 bits per heavy atom. The Morgan fingerprint density at radius 2 is 1.95 bits per heavy atom. The van der Waals surface area contributed by atoms with Gasteiger partial charge >= 0.3 is 12.0 Å². The molecule has 1 rings (SSSR count). The van der Waals surface area contributed by atoms with E-state index in [1.807, 2.05) is 6.92 Å². The predicted molar refractivity (Wildman–Crippen MR) is 73.2 cm³/mol. The molecule has 0 aliphatic carbocycles. The summed E-state index contributed by atoms with van der Waals surface area (Å²) in [5.74, 6) is -0.976. The van der Waals surface area contributed by atoms with Crippen LogP contribution >= 0.6 is 0 Å². The highest BCUT2D eigenvalue weighted by molar-refractivity contribution is 5.80. The molecular weight excluding hydrogens is 262 g/mol. The van der Waals surface area contributed by atoms with Gasteiger partial charge in [0.15, 0.2) is 0 Å². The molecular formula is C13H23N3O4. The monoisotopic (exact) mass is 285 g/mol. The van der Waals surface area contributed by atoms with Crippen LogP contribution in [-0.4, -0.2) is 54.1 Å². The molecule has 7 nitrogen and oxygen atoms in total. The Balaban J connectivity index is 2.28. The molecule has 1 heterocycles. The average Bonchev–Trinajstić information content (AvgIpc) is 2.80. The molecule has 7 heteroatoms. The number of carbonyl (C=O) groups excluding carboxylic acids is 2. The molecule has 20 heavy (non-hydrogen) atoms. The zero-order chi connectivity index (χ0) is 15.2. The normalized spacial score (nSPS) is 21.6. The third-order valence-electron chi connectivity index (χ3n) is 3.48. The van der Waals surface area contributed by atoms with Crippen molar-refractivity contribution in [1.82, 2.24) is 15.5 Å². The van der Waals surface area contributed by atoms with Crippen molar-refractivity contribution in [3.63, 3.8) is 0 Å². The topological polar surface area (TPSA) is 98.7 Å². The van der Waals surface area contributed by atoms with E-state index in [2.05, 4.69) is 10.6 Å². The minimum Gasteiger partial charge on any atom is -0.481 e. The number of nitrogens with one attached hydrogen (secondary N) is 2. The molecule has 0 aromatic heterocycles. The fourth-order valence-electron chi connectivity index (χ4n) is 2.06. The fraction of sp³-hybridized carbons (Fsp3) is 0.769. The smallest absolute Gasteiger partial charge is 0.317 e. The summed E-state index contributed by atoms with van der Waals surface area (Å²) in [6.07, 6.45) is 1.56. The summed E-state index contributed by atoms with van der Waals surface area (Å²) in [7, 11) is 0. The van der Waals surface area contributed by atoms with Crippen molar-refractivity contribution in [2.45, 2.75) is 33.1 Å². The highest BCUT2D eigenvalue weighted by Crippen LogP contribution is 2.29. The summed E-state index contributed by atoms with van der Waals surface area (Å²) in [5, 5.41) is 14.5. The maximum absolute atomic E-state index is 11.8. The molecule has 1 aliphatic heterocycles. The van der Waals surface area contributed by atoms with Gasteiger partial charge in [0.1, 0.15) is 0 Å². The van der Waals surface area contributed by atoms with E-state index in [1.54, 1.807) is 6.92 Å². The van der Waals surface area contributed by atoms with Crippen LogP contribution in [0.15, 0.2) is 0 Å². The molecule has 0 aromatic rings. The number of urea groups is 1. The molecule has 0 radical (unpaired) electrons. The van der Waals surface area contributed by atoms with Crippen molar-refractivity contribution in [3.8, 4) is 0 Å². The summed E-state index contributed by atoms with van der Waals surface area (Å²) in [5.41, 5.74) is -0.865. The molecule has 114 valence electrons. The molecule has 3 N–H and O–H groups in total. The average molecular weight is 285 g/mol. The molecule has 1 unspecified atom stereocenters. The number of hydrogen-bond acceptors (Lipinski definition) is 3. The van der Waals surface area contributed by atoms with Crippen LogP contribution in [0.3, 0.4) is 0 Å². The summed E-state index contributed by atoms with van der Waals surface area (Å²) < 4.78 is 0. The largest absolute Gasteiger partial charge is 0.481 e. The van der Waals surface area contributed by atoms with Gasteiger partial charge in [-0.05, 0) is 19.8 Å². The first-order chi connectivity index (χ1) is 9.39. The summed E-state index contributed by atoms with van der Waals surface area (Å²) in [4.78, 5) is 35.8. The number of hydrogen-bond donors (Lipinski definition) is 3. The second-order valence-corrected chi connectivity index (χ2v) is 5.37. The van der Waals surface area contributed by atoms with Crippen LogP contribution in [0.2, 0.25) is 0 Å². The summed E-state index contributed by atoms with van der Waals surface area (Å²) in [6, 6.07) is -0.307. The van der Waals surface area contributed by atoms with E-state index in [4.69, 9.17) is 5.11 Å². The van der Waals surface area contributed by atoms with Gasteiger partial charge in [-0.2, -0.15) is 0 Å². The molecule has 0 bridgehead atoms. The Bertz CT molecular complexity index is 386. The molecule has 0 aromatic carbocycles. The van der Waals surface area contributed by atoms with E-state index >= 15 is 0 Å². The first-order valence-electron chi connectivity index (χ1n) is 6.92. The summed E-state index contributed by atoms with van der Waals surface area (Å²) >= 11 is 0.